The standard InChI is InChI=1S/C8H7ClF3N3/c1-5-7(9)4-15(14-5)3-6(2-13)8(10,11)12/h4,6H,3H2,1H3. The van der Waals surface area contributed by atoms with E-state index >= 15 is 0 Å². The van der Waals surface area contributed by atoms with Crippen LogP contribution in [0.2, 0.25) is 5.02 Å². The summed E-state index contributed by atoms with van der Waals surface area (Å²) in [6, 6.07) is 1.19. The molecule has 0 aromatic carbocycles. The summed E-state index contributed by atoms with van der Waals surface area (Å²) in [5, 5.41) is 12.4. The number of hydrogen-bond donors (Lipinski definition) is 0. The number of nitrogens with zero attached hydrogens (tertiary/aromatic N) is 3. The Morgan fingerprint density at radius 1 is 1.67 bits per heavy atom. The SMILES string of the molecule is Cc1nn(CC(C#N)C(F)(F)F)cc1Cl. The van der Waals surface area contributed by atoms with Crippen molar-refractivity contribution >= 4 is 11.6 Å². The molecule has 7 heteroatoms. The smallest absolute Gasteiger partial charge is 0.269 e. The predicted octanol–water partition coefficient (Wildman–Crippen LogP) is 2.55. The first-order chi connectivity index (χ1) is 6.84. The molecule has 0 aliphatic heterocycles. The second-order valence-corrected chi connectivity index (χ2v) is 3.41. The molecule has 1 atom stereocenters. The van der Waals surface area contributed by atoms with Gasteiger partial charge in [-0.05, 0) is 6.92 Å². The van der Waals surface area contributed by atoms with Crippen molar-refractivity contribution in [1.82, 2.24) is 9.78 Å². The fourth-order valence-corrected chi connectivity index (χ4v) is 1.14. The van der Waals surface area contributed by atoms with Gasteiger partial charge in [0.2, 0.25) is 0 Å². The summed E-state index contributed by atoms with van der Waals surface area (Å²) in [7, 11) is 0. The molecule has 0 radical (unpaired) electrons. The van der Waals surface area contributed by atoms with Crippen LogP contribution < -0.4 is 0 Å². The van der Waals surface area contributed by atoms with Gasteiger partial charge < -0.3 is 0 Å². The largest absolute Gasteiger partial charge is 0.406 e. The third-order valence-corrected chi connectivity index (χ3v) is 2.18. The van der Waals surface area contributed by atoms with Gasteiger partial charge in [-0.25, -0.2) is 0 Å². The summed E-state index contributed by atoms with van der Waals surface area (Å²) in [5.41, 5.74) is 0.440. The van der Waals surface area contributed by atoms with Crippen LogP contribution in [0.25, 0.3) is 0 Å². The Labute approximate surface area is 89.1 Å². The minimum atomic E-state index is -4.54. The zero-order valence-corrected chi connectivity index (χ0v) is 8.47. The van der Waals surface area contributed by atoms with E-state index in [1.807, 2.05) is 0 Å². The van der Waals surface area contributed by atoms with E-state index in [4.69, 9.17) is 16.9 Å². The van der Waals surface area contributed by atoms with E-state index in [0.717, 1.165) is 4.68 Å². The summed E-state index contributed by atoms with van der Waals surface area (Å²) in [5.74, 6) is -2.06. The summed E-state index contributed by atoms with van der Waals surface area (Å²) < 4.78 is 37.7. The van der Waals surface area contributed by atoms with Gasteiger partial charge in [0, 0.05) is 6.20 Å². The van der Waals surface area contributed by atoms with Gasteiger partial charge in [0.15, 0.2) is 5.92 Å². The molecule has 0 aliphatic carbocycles. The van der Waals surface area contributed by atoms with Crippen LogP contribution in [0.5, 0.6) is 0 Å². The van der Waals surface area contributed by atoms with Gasteiger partial charge >= 0.3 is 6.18 Å². The molecule has 0 aliphatic rings. The van der Waals surface area contributed by atoms with Gasteiger partial charge in [-0.1, -0.05) is 11.6 Å². The molecule has 1 rings (SSSR count). The number of hydrogen-bond acceptors (Lipinski definition) is 2. The van der Waals surface area contributed by atoms with Crippen molar-refractivity contribution in [2.45, 2.75) is 19.6 Å². The Bertz CT molecular complexity index is 371. The number of nitriles is 1. The van der Waals surface area contributed by atoms with Crippen molar-refractivity contribution < 1.29 is 13.2 Å². The van der Waals surface area contributed by atoms with E-state index in [1.54, 1.807) is 6.92 Å². The van der Waals surface area contributed by atoms with Crippen LogP contribution in [-0.2, 0) is 6.54 Å². The van der Waals surface area contributed by atoms with Gasteiger partial charge in [-0.2, -0.15) is 23.5 Å². The zero-order chi connectivity index (χ0) is 11.6. The summed E-state index contributed by atoms with van der Waals surface area (Å²) in [6.45, 7) is 1.04. The minimum Gasteiger partial charge on any atom is -0.269 e. The Balaban J connectivity index is 2.81. The van der Waals surface area contributed by atoms with Gasteiger partial charge in [-0.3, -0.25) is 4.68 Å². The molecule has 0 N–H and O–H groups in total. The van der Waals surface area contributed by atoms with Crippen LogP contribution in [0.4, 0.5) is 13.2 Å². The van der Waals surface area contributed by atoms with Gasteiger partial charge in [0.25, 0.3) is 0 Å². The highest BCUT2D eigenvalue weighted by Crippen LogP contribution is 2.27. The second-order valence-electron chi connectivity index (χ2n) is 3.01. The molecule has 82 valence electrons. The van der Waals surface area contributed by atoms with Crippen molar-refractivity contribution in [3.05, 3.63) is 16.9 Å². The lowest BCUT2D eigenvalue weighted by Crippen LogP contribution is -2.26. The highest BCUT2D eigenvalue weighted by Gasteiger charge is 2.40. The van der Waals surface area contributed by atoms with Crippen molar-refractivity contribution in [2.75, 3.05) is 0 Å². The summed E-state index contributed by atoms with van der Waals surface area (Å²) in [4.78, 5) is 0. The number of halogens is 4. The molecule has 1 unspecified atom stereocenters. The van der Waals surface area contributed by atoms with Crippen LogP contribution in [0.1, 0.15) is 5.69 Å². The van der Waals surface area contributed by atoms with E-state index in [9.17, 15) is 13.2 Å². The normalized spacial score (nSPS) is 13.6. The van der Waals surface area contributed by atoms with E-state index < -0.39 is 18.6 Å². The Kier molecular flexibility index (Phi) is 3.25. The quantitative estimate of drug-likeness (QED) is 0.793. The first-order valence-electron chi connectivity index (χ1n) is 4.00. The maximum Gasteiger partial charge on any atom is 0.406 e. The topological polar surface area (TPSA) is 41.6 Å². The molecule has 1 heterocycles. The molecular formula is C8H7ClF3N3. The number of rotatable bonds is 2. The van der Waals surface area contributed by atoms with E-state index in [-0.39, 0.29) is 5.02 Å². The lowest BCUT2D eigenvalue weighted by atomic mass is 10.1. The maximum absolute atomic E-state index is 12.2. The molecule has 0 saturated carbocycles. The highest BCUT2D eigenvalue weighted by molar-refractivity contribution is 6.31. The van der Waals surface area contributed by atoms with Crippen molar-refractivity contribution in [3.8, 4) is 6.07 Å². The third-order valence-electron chi connectivity index (χ3n) is 1.81. The molecule has 0 saturated heterocycles. The molecular weight excluding hydrogens is 231 g/mol. The van der Waals surface area contributed by atoms with Gasteiger partial charge in [-0.15, -0.1) is 0 Å². The Hall–Kier alpha value is -1.22. The van der Waals surface area contributed by atoms with Crippen molar-refractivity contribution in [1.29, 1.82) is 5.26 Å². The first kappa shape index (κ1) is 11.9. The number of aryl methyl sites for hydroxylation is 1. The monoisotopic (exact) mass is 237 g/mol. The highest BCUT2D eigenvalue weighted by atomic mass is 35.5. The third kappa shape index (κ3) is 2.86. The lowest BCUT2D eigenvalue weighted by Gasteiger charge is -2.12. The van der Waals surface area contributed by atoms with Gasteiger partial charge in [0.1, 0.15) is 0 Å². The predicted molar refractivity (Wildman–Crippen MR) is 47.1 cm³/mol. The average Bonchev–Trinajstić information content (AvgIpc) is 2.40. The summed E-state index contributed by atoms with van der Waals surface area (Å²) in [6.07, 6.45) is -3.27. The lowest BCUT2D eigenvalue weighted by molar-refractivity contribution is -0.162. The molecule has 0 spiro atoms. The minimum absolute atomic E-state index is 0.286. The number of alkyl halides is 3. The Morgan fingerprint density at radius 2 is 2.27 bits per heavy atom. The fraction of sp³-hybridized carbons (Fsp3) is 0.500. The first-order valence-corrected chi connectivity index (χ1v) is 4.38. The summed E-state index contributed by atoms with van der Waals surface area (Å²) >= 11 is 5.62. The molecule has 15 heavy (non-hydrogen) atoms. The molecule has 1 aromatic heterocycles. The molecule has 1 aromatic rings. The second kappa shape index (κ2) is 4.11. The molecule has 0 fully saturated rings. The number of aromatic nitrogens is 2. The van der Waals surface area contributed by atoms with E-state index in [0.29, 0.717) is 5.69 Å². The van der Waals surface area contributed by atoms with Crippen molar-refractivity contribution in [2.24, 2.45) is 5.92 Å². The maximum atomic E-state index is 12.2. The van der Waals surface area contributed by atoms with Gasteiger partial charge in [0.05, 0.1) is 23.3 Å². The molecule has 3 nitrogen and oxygen atoms in total. The zero-order valence-electron chi connectivity index (χ0n) is 7.72. The van der Waals surface area contributed by atoms with E-state index in [2.05, 4.69) is 5.10 Å². The van der Waals surface area contributed by atoms with Crippen LogP contribution in [0.3, 0.4) is 0 Å². The van der Waals surface area contributed by atoms with Crippen LogP contribution in [-0.4, -0.2) is 16.0 Å². The van der Waals surface area contributed by atoms with Crippen molar-refractivity contribution in [3.63, 3.8) is 0 Å². The molecule has 0 bridgehead atoms. The fourth-order valence-electron chi connectivity index (χ4n) is 0.992. The van der Waals surface area contributed by atoms with Crippen LogP contribution >= 0.6 is 11.6 Å². The van der Waals surface area contributed by atoms with Crippen LogP contribution in [0, 0.1) is 24.2 Å². The Morgan fingerprint density at radius 3 is 2.60 bits per heavy atom. The van der Waals surface area contributed by atoms with Crippen LogP contribution in [0.15, 0.2) is 6.20 Å². The average molecular weight is 238 g/mol. The van der Waals surface area contributed by atoms with E-state index in [1.165, 1.54) is 12.3 Å². The molecule has 0 amide bonds.